The molecule has 3 heterocycles. The van der Waals surface area contributed by atoms with Crippen molar-refractivity contribution in [3.05, 3.63) is 22.8 Å². The third-order valence-electron chi connectivity index (χ3n) is 4.06. The lowest BCUT2D eigenvalue weighted by Gasteiger charge is -2.21. The molecular weight excluding hydrogens is 231 g/mol. The van der Waals surface area contributed by atoms with Gasteiger partial charge in [-0.05, 0) is 25.7 Å². The lowest BCUT2D eigenvalue weighted by molar-refractivity contribution is 0.0724. The predicted octanol–water partition coefficient (Wildman–Crippen LogP) is 2.57. The minimum atomic E-state index is -0.274. The molecule has 0 saturated heterocycles. The number of hydrogen-bond donors (Lipinski definition) is 0. The molecule has 0 spiro atoms. The molecule has 18 heavy (non-hydrogen) atoms. The highest BCUT2D eigenvalue weighted by Crippen LogP contribution is 2.40. The van der Waals surface area contributed by atoms with Gasteiger partial charge < -0.3 is 9.47 Å². The van der Waals surface area contributed by atoms with Gasteiger partial charge in [-0.15, -0.1) is 0 Å². The van der Waals surface area contributed by atoms with E-state index in [1.165, 1.54) is 0 Å². The van der Waals surface area contributed by atoms with E-state index in [4.69, 9.17) is 0 Å². The van der Waals surface area contributed by atoms with E-state index in [0.717, 1.165) is 24.4 Å². The number of aromatic nitrogens is 1. The Bertz CT molecular complexity index is 542. The van der Waals surface area contributed by atoms with E-state index in [-0.39, 0.29) is 23.2 Å². The van der Waals surface area contributed by atoms with E-state index in [2.05, 4.69) is 13.8 Å². The van der Waals surface area contributed by atoms with Crippen LogP contribution in [0.15, 0.2) is 0 Å². The van der Waals surface area contributed by atoms with Crippen LogP contribution in [0, 0.1) is 11.2 Å². The van der Waals surface area contributed by atoms with Gasteiger partial charge in [-0.2, -0.15) is 0 Å². The second kappa shape index (κ2) is 3.37. The van der Waals surface area contributed by atoms with Crippen LogP contribution in [0.4, 0.5) is 4.39 Å². The zero-order valence-corrected chi connectivity index (χ0v) is 11.4. The summed E-state index contributed by atoms with van der Waals surface area (Å²) >= 11 is 0. The summed E-state index contributed by atoms with van der Waals surface area (Å²) in [6.07, 6.45) is 0.723. The molecule has 0 aliphatic carbocycles. The molecule has 0 saturated carbocycles. The minimum Gasteiger partial charge on any atom is -0.343 e. The van der Waals surface area contributed by atoms with Gasteiger partial charge in [-0.3, -0.25) is 4.79 Å². The highest BCUT2D eigenvalue weighted by atomic mass is 19.1. The Morgan fingerprint density at radius 1 is 1.28 bits per heavy atom. The van der Waals surface area contributed by atoms with E-state index >= 15 is 0 Å². The van der Waals surface area contributed by atoms with Crippen LogP contribution in [-0.2, 0) is 19.5 Å². The molecular formula is C14H19FN2O. The second-order valence-corrected chi connectivity index (χ2v) is 6.54. The molecule has 0 aromatic carbocycles. The fraction of sp³-hybridized carbons (Fsp3) is 0.643. The van der Waals surface area contributed by atoms with Gasteiger partial charge in [0.25, 0.3) is 5.91 Å². The molecule has 3 rings (SSSR count). The maximum Gasteiger partial charge on any atom is 0.259 e. The van der Waals surface area contributed by atoms with Crippen molar-refractivity contribution in [2.75, 3.05) is 0 Å². The molecule has 0 atom stereocenters. The molecule has 0 N–H and O–H groups in total. The first-order valence-electron chi connectivity index (χ1n) is 6.52. The molecule has 0 radical (unpaired) electrons. The number of rotatable bonds is 1. The standard InChI is InChI=1S/C14H19FN2O/c1-8(2)16-6-10-11(13(16)18)12(15)9-5-14(3,4)7-17(9)10/h8H,5-7H2,1-4H3. The van der Waals surface area contributed by atoms with E-state index in [1.54, 1.807) is 4.90 Å². The number of carbonyl (C=O) groups is 1. The zero-order valence-electron chi connectivity index (χ0n) is 11.4. The van der Waals surface area contributed by atoms with Gasteiger partial charge in [-0.25, -0.2) is 4.39 Å². The summed E-state index contributed by atoms with van der Waals surface area (Å²) in [5, 5.41) is 0. The SMILES string of the molecule is CC(C)N1Cc2c(c(F)c3n2CC(C)(C)C3)C1=O. The number of halogens is 1. The Kier molecular flexibility index (Phi) is 2.20. The van der Waals surface area contributed by atoms with Crippen LogP contribution in [0.5, 0.6) is 0 Å². The van der Waals surface area contributed by atoms with Gasteiger partial charge in [0, 0.05) is 12.6 Å². The Balaban J connectivity index is 2.09. The summed E-state index contributed by atoms with van der Waals surface area (Å²) in [6, 6.07) is 0.120. The van der Waals surface area contributed by atoms with Gasteiger partial charge in [0.2, 0.25) is 0 Å². The molecule has 1 aromatic heterocycles. The van der Waals surface area contributed by atoms with Crippen LogP contribution in [-0.4, -0.2) is 21.4 Å². The van der Waals surface area contributed by atoms with Crippen molar-refractivity contribution < 1.29 is 9.18 Å². The molecule has 3 nitrogen and oxygen atoms in total. The number of carbonyl (C=O) groups excluding carboxylic acids is 1. The third-order valence-corrected chi connectivity index (χ3v) is 4.06. The molecule has 1 amide bonds. The Morgan fingerprint density at radius 2 is 1.94 bits per heavy atom. The fourth-order valence-electron chi connectivity index (χ4n) is 3.16. The van der Waals surface area contributed by atoms with Gasteiger partial charge in [0.1, 0.15) is 0 Å². The van der Waals surface area contributed by atoms with Crippen LogP contribution >= 0.6 is 0 Å². The topological polar surface area (TPSA) is 25.2 Å². The summed E-state index contributed by atoms with van der Waals surface area (Å²) < 4.78 is 16.4. The molecule has 0 fully saturated rings. The number of fused-ring (bicyclic) bond motifs is 3. The first-order valence-corrected chi connectivity index (χ1v) is 6.52. The maximum atomic E-state index is 14.4. The largest absolute Gasteiger partial charge is 0.343 e. The Labute approximate surface area is 107 Å². The minimum absolute atomic E-state index is 0.0967. The van der Waals surface area contributed by atoms with Crippen LogP contribution < -0.4 is 0 Å². The zero-order chi connectivity index (χ0) is 13.2. The maximum absolute atomic E-state index is 14.4. The van der Waals surface area contributed by atoms with Crippen molar-refractivity contribution in [3.8, 4) is 0 Å². The fourth-order valence-corrected chi connectivity index (χ4v) is 3.16. The van der Waals surface area contributed by atoms with Crippen molar-refractivity contribution in [1.29, 1.82) is 0 Å². The predicted molar refractivity (Wildman–Crippen MR) is 66.9 cm³/mol. The van der Waals surface area contributed by atoms with E-state index in [9.17, 15) is 9.18 Å². The smallest absolute Gasteiger partial charge is 0.259 e. The molecule has 4 heteroatoms. The van der Waals surface area contributed by atoms with Crippen LogP contribution in [0.2, 0.25) is 0 Å². The van der Waals surface area contributed by atoms with Crippen molar-refractivity contribution >= 4 is 5.91 Å². The molecule has 2 aliphatic rings. The summed E-state index contributed by atoms with van der Waals surface area (Å²) in [5.41, 5.74) is 2.03. The highest BCUT2D eigenvalue weighted by molar-refractivity contribution is 5.99. The van der Waals surface area contributed by atoms with Gasteiger partial charge in [0.05, 0.1) is 23.5 Å². The molecule has 0 bridgehead atoms. The number of hydrogen-bond acceptors (Lipinski definition) is 1. The average Bonchev–Trinajstić information content (AvgIpc) is 2.81. The normalized spacial score (nSPS) is 20.8. The lowest BCUT2D eigenvalue weighted by atomic mass is 9.91. The van der Waals surface area contributed by atoms with Crippen LogP contribution in [0.3, 0.4) is 0 Å². The summed E-state index contributed by atoms with van der Waals surface area (Å²) in [5.74, 6) is -0.416. The lowest BCUT2D eigenvalue weighted by Crippen LogP contribution is -2.31. The van der Waals surface area contributed by atoms with Crippen molar-refractivity contribution in [3.63, 3.8) is 0 Å². The van der Waals surface area contributed by atoms with Crippen LogP contribution in [0.1, 0.15) is 49.4 Å². The third kappa shape index (κ3) is 1.38. The molecule has 0 unspecified atom stereocenters. The van der Waals surface area contributed by atoms with E-state index < -0.39 is 0 Å². The number of nitrogens with zero attached hydrogens (tertiary/aromatic N) is 2. The summed E-state index contributed by atoms with van der Waals surface area (Å²) in [4.78, 5) is 13.9. The second-order valence-electron chi connectivity index (χ2n) is 6.54. The number of amides is 1. The van der Waals surface area contributed by atoms with Crippen molar-refractivity contribution in [2.24, 2.45) is 5.41 Å². The molecule has 98 valence electrons. The summed E-state index contributed by atoms with van der Waals surface area (Å²) in [7, 11) is 0. The quantitative estimate of drug-likeness (QED) is 0.752. The first-order chi connectivity index (χ1) is 8.32. The van der Waals surface area contributed by atoms with Gasteiger partial charge >= 0.3 is 0 Å². The van der Waals surface area contributed by atoms with Crippen molar-refractivity contribution in [2.45, 2.75) is 53.2 Å². The monoisotopic (exact) mass is 250 g/mol. The average molecular weight is 250 g/mol. The van der Waals surface area contributed by atoms with E-state index in [0.29, 0.717) is 12.1 Å². The Morgan fingerprint density at radius 3 is 2.56 bits per heavy atom. The van der Waals surface area contributed by atoms with E-state index in [1.807, 2.05) is 18.4 Å². The molecule has 1 aromatic rings. The van der Waals surface area contributed by atoms with Gasteiger partial charge in [0.15, 0.2) is 5.82 Å². The summed E-state index contributed by atoms with van der Waals surface area (Å²) in [6.45, 7) is 9.59. The van der Waals surface area contributed by atoms with Crippen LogP contribution in [0.25, 0.3) is 0 Å². The first kappa shape index (κ1) is 11.8. The highest BCUT2D eigenvalue weighted by Gasteiger charge is 2.42. The molecule has 2 aliphatic heterocycles. The van der Waals surface area contributed by atoms with Crippen molar-refractivity contribution in [1.82, 2.24) is 9.47 Å². The Hall–Kier alpha value is -1.32. The van der Waals surface area contributed by atoms with Gasteiger partial charge in [-0.1, -0.05) is 13.8 Å².